The fourth-order valence-corrected chi connectivity index (χ4v) is 5.16. The van der Waals surface area contributed by atoms with E-state index in [0.717, 1.165) is 31.7 Å². The van der Waals surface area contributed by atoms with E-state index in [1.165, 1.54) is 54.8 Å². The SMILES string of the molecule is COc1ccc(C(=O)Nc2ccc(-n3cncn3)c(F)c2)cc1S(=O)(=O)NC1CCCC1. The second-order valence-electron chi connectivity index (χ2n) is 7.43. The number of ether oxygens (including phenoxy) is 1. The third-order valence-corrected chi connectivity index (χ3v) is 6.81. The molecule has 1 aliphatic rings. The third kappa shape index (κ3) is 4.63. The molecule has 4 rings (SSSR count). The highest BCUT2D eigenvalue weighted by Crippen LogP contribution is 2.28. The first-order valence-corrected chi connectivity index (χ1v) is 11.5. The molecule has 0 spiro atoms. The van der Waals surface area contributed by atoms with Gasteiger partial charge >= 0.3 is 0 Å². The number of sulfonamides is 1. The highest BCUT2D eigenvalue weighted by molar-refractivity contribution is 7.89. The zero-order valence-electron chi connectivity index (χ0n) is 17.3. The maximum Gasteiger partial charge on any atom is 0.255 e. The van der Waals surface area contributed by atoms with Gasteiger partial charge in [0.05, 0.1) is 7.11 Å². The van der Waals surface area contributed by atoms with Crippen molar-refractivity contribution < 1.29 is 22.3 Å². The summed E-state index contributed by atoms with van der Waals surface area (Å²) in [6.45, 7) is 0. The Balaban J connectivity index is 1.56. The van der Waals surface area contributed by atoms with E-state index < -0.39 is 21.7 Å². The number of carbonyl (C=O) groups is 1. The molecule has 0 unspecified atom stereocenters. The van der Waals surface area contributed by atoms with Crippen LogP contribution in [-0.2, 0) is 10.0 Å². The summed E-state index contributed by atoms with van der Waals surface area (Å²) in [5, 5.41) is 6.46. The lowest BCUT2D eigenvalue weighted by Gasteiger charge is -2.16. The van der Waals surface area contributed by atoms with Crippen LogP contribution < -0.4 is 14.8 Å². The molecule has 1 saturated carbocycles. The molecule has 1 amide bonds. The Morgan fingerprint density at radius 3 is 2.62 bits per heavy atom. The van der Waals surface area contributed by atoms with Crippen LogP contribution >= 0.6 is 0 Å². The molecule has 0 aliphatic heterocycles. The van der Waals surface area contributed by atoms with Crippen LogP contribution in [0.3, 0.4) is 0 Å². The molecule has 1 aliphatic carbocycles. The highest BCUT2D eigenvalue weighted by Gasteiger charge is 2.26. The molecule has 9 nitrogen and oxygen atoms in total. The monoisotopic (exact) mass is 459 g/mol. The van der Waals surface area contributed by atoms with Gasteiger partial charge in [0.25, 0.3) is 5.91 Å². The molecule has 0 saturated heterocycles. The van der Waals surface area contributed by atoms with Crippen molar-refractivity contribution in [1.82, 2.24) is 19.5 Å². The van der Waals surface area contributed by atoms with Crippen LogP contribution in [0.15, 0.2) is 53.9 Å². The lowest BCUT2D eigenvalue weighted by atomic mass is 10.2. The molecule has 11 heteroatoms. The van der Waals surface area contributed by atoms with E-state index in [1.54, 1.807) is 0 Å². The van der Waals surface area contributed by atoms with Crippen molar-refractivity contribution >= 4 is 21.6 Å². The molecular formula is C21H22FN5O4S. The van der Waals surface area contributed by atoms with Gasteiger partial charge in [0.2, 0.25) is 10.0 Å². The average Bonchev–Trinajstić information content (AvgIpc) is 3.47. The van der Waals surface area contributed by atoms with E-state index in [0.29, 0.717) is 0 Å². The molecule has 0 radical (unpaired) electrons. The zero-order valence-corrected chi connectivity index (χ0v) is 18.1. The van der Waals surface area contributed by atoms with Gasteiger partial charge in [-0.15, -0.1) is 0 Å². The molecule has 0 bridgehead atoms. The number of halogens is 1. The minimum Gasteiger partial charge on any atom is -0.495 e. The number of benzene rings is 2. The van der Waals surface area contributed by atoms with Crippen LogP contribution in [-0.4, -0.2) is 42.2 Å². The molecule has 2 N–H and O–H groups in total. The molecular weight excluding hydrogens is 437 g/mol. The number of nitrogens with zero attached hydrogens (tertiary/aromatic N) is 3. The van der Waals surface area contributed by atoms with E-state index >= 15 is 0 Å². The largest absolute Gasteiger partial charge is 0.495 e. The van der Waals surface area contributed by atoms with E-state index in [2.05, 4.69) is 20.1 Å². The van der Waals surface area contributed by atoms with Gasteiger partial charge in [-0.2, -0.15) is 5.10 Å². The second-order valence-corrected chi connectivity index (χ2v) is 9.11. The van der Waals surface area contributed by atoms with Gasteiger partial charge in [-0.3, -0.25) is 4.79 Å². The summed E-state index contributed by atoms with van der Waals surface area (Å²) in [6, 6.07) is 8.11. The normalized spacial score (nSPS) is 14.4. The van der Waals surface area contributed by atoms with Gasteiger partial charge < -0.3 is 10.1 Å². The summed E-state index contributed by atoms with van der Waals surface area (Å²) in [5.41, 5.74) is 0.482. The molecule has 32 heavy (non-hydrogen) atoms. The van der Waals surface area contributed by atoms with Crippen LogP contribution in [0, 0.1) is 5.82 Å². The van der Waals surface area contributed by atoms with Crippen LogP contribution in [0.1, 0.15) is 36.0 Å². The molecule has 1 heterocycles. The minimum absolute atomic E-state index is 0.0957. The number of anilines is 1. The predicted octanol–water partition coefficient (Wildman–Crippen LogP) is 2.89. The van der Waals surface area contributed by atoms with Crippen molar-refractivity contribution in [3.8, 4) is 11.4 Å². The lowest BCUT2D eigenvalue weighted by molar-refractivity contribution is 0.102. The van der Waals surface area contributed by atoms with Crippen LogP contribution in [0.4, 0.5) is 10.1 Å². The molecule has 0 atom stereocenters. The molecule has 3 aromatic rings. The summed E-state index contributed by atoms with van der Waals surface area (Å²) in [4.78, 5) is 16.4. The van der Waals surface area contributed by atoms with E-state index in [9.17, 15) is 17.6 Å². The maximum atomic E-state index is 14.4. The number of carbonyl (C=O) groups excluding carboxylic acids is 1. The summed E-state index contributed by atoms with van der Waals surface area (Å²) in [5.74, 6) is -1.06. The fourth-order valence-electron chi connectivity index (χ4n) is 3.66. The molecule has 2 aromatic carbocycles. The number of rotatable bonds is 7. The van der Waals surface area contributed by atoms with Gasteiger partial charge in [0.1, 0.15) is 29.0 Å². The van der Waals surface area contributed by atoms with Gasteiger partial charge in [0, 0.05) is 17.3 Å². The Labute approximate surface area is 184 Å². The molecule has 1 fully saturated rings. The third-order valence-electron chi connectivity index (χ3n) is 5.26. The first kappa shape index (κ1) is 21.9. The summed E-state index contributed by atoms with van der Waals surface area (Å²) >= 11 is 0. The Hall–Kier alpha value is -3.31. The topological polar surface area (TPSA) is 115 Å². The number of aromatic nitrogens is 3. The van der Waals surface area contributed by atoms with Crippen LogP contribution in [0.25, 0.3) is 5.69 Å². The first-order chi connectivity index (χ1) is 15.4. The molecule has 1 aromatic heterocycles. The summed E-state index contributed by atoms with van der Waals surface area (Å²) < 4.78 is 49.4. The Morgan fingerprint density at radius 2 is 1.97 bits per heavy atom. The zero-order chi connectivity index (χ0) is 22.7. The average molecular weight is 460 g/mol. The fraction of sp³-hybridized carbons (Fsp3) is 0.286. The lowest BCUT2D eigenvalue weighted by Crippen LogP contribution is -2.33. The summed E-state index contributed by atoms with van der Waals surface area (Å²) in [7, 11) is -2.52. The number of hydrogen-bond donors (Lipinski definition) is 2. The van der Waals surface area contributed by atoms with E-state index in [-0.39, 0.29) is 33.6 Å². The van der Waals surface area contributed by atoms with Crippen molar-refractivity contribution in [2.75, 3.05) is 12.4 Å². The highest BCUT2D eigenvalue weighted by atomic mass is 32.2. The van der Waals surface area contributed by atoms with Crippen molar-refractivity contribution in [3.63, 3.8) is 0 Å². The van der Waals surface area contributed by atoms with E-state index in [4.69, 9.17) is 4.74 Å². The van der Waals surface area contributed by atoms with Gasteiger partial charge in [-0.1, -0.05) is 12.8 Å². The smallest absolute Gasteiger partial charge is 0.255 e. The van der Waals surface area contributed by atoms with E-state index in [1.807, 2.05) is 0 Å². The van der Waals surface area contributed by atoms with Gasteiger partial charge in [-0.05, 0) is 49.2 Å². The Kier molecular flexibility index (Phi) is 6.19. The maximum absolute atomic E-state index is 14.4. The minimum atomic E-state index is -3.88. The van der Waals surface area contributed by atoms with Crippen molar-refractivity contribution in [3.05, 3.63) is 60.4 Å². The van der Waals surface area contributed by atoms with Gasteiger partial charge in [0.15, 0.2) is 5.82 Å². The standard InChI is InChI=1S/C21H22FN5O4S/c1-31-19-9-6-14(10-20(19)32(29,30)26-15-4-2-3-5-15)21(28)25-16-7-8-18(17(22)11-16)27-13-23-12-24-27/h6-13,15,26H,2-5H2,1H3,(H,25,28). The number of hydrogen-bond acceptors (Lipinski definition) is 6. The van der Waals surface area contributed by atoms with Crippen molar-refractivity contribution in [2.24, 2.45) is 0 Å². The summed E-state index contributed by atoms with van der Waals surface area (Å²) in [6.07, 6.45) is 6.13. The first-order valence-electron chi connectivity index (χ1n) is 10.0. The Morgan fingerprint density at radius 1 is 1.19 bits per heavy atom. The number of nitrogens with one attached hydrogen (secondary N) is 2. The van der Waals surface area contributed by atoms with Crippen LogP contribution in [0.5, 0.6) is 5.75 Å². The second kappa shape index (κ2) is 9.05. The van der Waals surface area contributed by atoms with Crippen molar-refractivity contribution in [1.29, 1.82) is 0 Å². The Bertz CT molecular complexity index is 1220. The van der Waals surface area contributed by atoms with Crippen molar-refractivity contribution in [2.45, 2.75) is 36.6 Å². The van der Waals surface area contributed by atoms with Gasteiger partial charge in [-0.25, -0.2) is 27.2 Å². The quantitative estimate of drug-likeness (QED) is 0.561. The number of methoxy groups -OCH3 is 1. The van der Waals surface area contributed by atoms with Crippen LogP contribution in [0.2, 0.25) is 0 Å². The number of amides is 1. The molecule has 168 valence electrons. The predicted molar refractivity (Wildman–Crippen MR) is 115 cm³/mol.